The number of hydrogen-bond donors (Lipinski definition) is 1. The third-order valence-electron chi connectivity index (χ3n) is 2.93. The molecule has 2 aromatic heterocycles. The van der Waals surface area contributed by atoms with E-state index in [1.807, 2.05) is 6.07 Å². The van der Waals surface area contributed by atoms with Crippen molar-refractivity contribution in [2.75, 3.05) is 6.54 Å². The topological polar surface area (TPSA) is 43.3 Å². The lowest BCUT2D eigenvalue weighted by Crippen LogP contribution is -2.09. The lowest BCUT2D eigenvalue weighted by Gasteiger charge is -2.09. The fourth-order valence-corrected chi connectivity index (χ4v) is 2.05. The average Bonchev–Trinajstić information content (AvgIpc) is 2.64. The summed E-state index contributed by atoms with van der Waals surface area (Å²) in [6.07, 6.45) is 2.96. The minimum absolute atomic E-state index is 0.357. The summed E-state index contributed by atoms with van der Waals surface area (Å²) in [7, 11) is 0. The second-order valence-corrected chi connectivity index (χ2v) is 4.38. The Labute approximate surface area is 100 Å². The highest BCUT2D eigenvalue weighted by Crippen LogP contribution is 2.22. The van der Waals surface area contributed by atoms with Crippen LogP contribution in [0.5, 0.6) is 0 Å². The molecule has 2 aromatic rings. The molecule has 0 aliphatic rings. The molecule has 0 aliphatic heterocycles. The Morgan fingerprint density at radius 1 is 1.50 bits per heavy atom. The van der Waals surface area contributed by atoms with Crippen molar-refractivity contribution in [3.05, 3.63) is 34.9 Å². The molecular formula is C12H16ClN3. The molecule has 0 saturated heterocycles. The van der Waals surface area contributed by atoms with Gasteiger partial charge in [0.2, 0.25) is 0 Å². The third kappa shape index (κ3) is 1.81. The Hall–Kier alpha value is -1.06. The van der Waals surface area contributed by atoms with Gasteiger partial charge in [-0.3, -0.25) is 0 Å². The molecule has 0 spiro atoms. The molecule has 0 amide bonds. The van der Waals surface area contributed by atoms with E-state index in [1.165, 1.54) is 5.56 Å². The van der Waals surface area contributed by atoms with Gasteiger partial charge in [-0.05, 0) is 24.1 Å². The maximum Gasteiger partial charge on any atom is 0.155 e. The fourth-order valence-electron chi connectivity index (χ4n) is 1.80. The van der Waals surface area contributed by atoms with Crippen LogP contribution in [-0.4, -0.2) is 15.9 Å². The number of nitrogens with zero attached hydrogens (tertiary/aromatic N) is 2. The summed E-state index contributed by atoms with van der Waals surface area (Å²) in [6.45, 7) is 4.84. The third-order valence-corrected chi connectivity index (χ3v) is 3.20. The van der Waals surface area contributed by atoms with Crippen LogP contribution >= 0.6 is 11.6 Å². The minimum atomic E-state index is 0.357. The van der Waals surface area contributed by atoms with Crippen LogP contribution in [0.1, 0.15) is 31.2 Å². The van der Waals surface area contributed by atoms with Crippen LogP contribution in [0.2, 0.25) is 5.15 Å². The average molecular weight is 238 g/mol. The molecule has 2 heterocycles. The fraction of sp³-hybridized carbons (Fsp3) is 0.417. The molecule has 86 valence electrons. The SMILES string of the molecule is CCc1nc(Cl)c2ccc(C(C)CN)cn12. The first-order valence-corrected chi connectivity index (χ1v) is 5.91. The number of aromatic nitrogens is 2. The van der Waals surface area contributed by atoms with Crippen molar-refractivity contribution in [3.8, 4) is 0 Å². The maximum absolute atomic E-state index is 6.07. The van der Waals surface area contributed by atoms with Crippen LogP contribution in [-0.2, 0) is 6.42 Å². The van der Waals surface area contributed by atoms with Crippen molar-refractivity contribution in [2.24, 2.45) is 5.73 Å². The van der Waals surface area contributed by atoms with Gasteiger partial charge in [-0.25, -0.2) is 4.98 Å². The van der Waals surface area contributed by atoms with Crippen LogP contribution in [0, 0.1) is 0 Å². The number of nitrogens with two attached hydrogens (primary N) is 1. The molecular weight excluding hydrogens is 222 g/mol. The monoisotopic (exact) mass is 237 g/mol. The Kier molecular flexibility index (Phi) is 3.17. The number of fused-ring (bicyclic) bond motifs is 1. The Morgan fingerprint density at radius 2 is 2.25 bits per heavy atom. The van der Waals surface area contributed by atoms with E-state index in [2.05, 4.69) is 35.5 Å². The normalized spacial score (nSPS) is 13.2. The van der Waals surface area contributed by atoms with E-state index in [-0.39, 0.29) is 0 Å². The van der Waals surface area contributed by atoms with Crippen molar-refractivity contribution in [2.45, 2.75) is 26.2 Å². The Morgan fingerprint density at radius 3 is 2.88 bits per heavy atom. The zero-order valence-electron chi connectivity index (χ0n) is 9.57. The molecule has 0 saturated carbocycles. The van der Waals surface area contributed by atoms with Gasteiger partial charge in [-0.15, -0.1) is 0 Å². The molecule has 0 bridgehead atoms. The standard InChI is InChI=1S/C12H16ClN3/c1-3-11-15-12(13)10-5-4-9(7-16(10)11)8(2)6-14/h4-5,7-8H,3,6,14H2,1-2H3. The van der Waals surface area contributed by atoms with Gasteiger partial charge in [0.25, 0.3) is 0 Å². The van der Waals surface area contributed by atoms with E-state index in [1.54, 1.807) is 0 Å². The molecule has 2 rings (SSSR count). The van der Waals surface area contributed by atoms with Crippen LogP contribution in [0.15, 0.2) is 18.3 Å². The molecule has 2 N–H and O–H groups in total. The molecule has 0 aliphatic carbocycles. The largest absolute Gasteiger partial charge is 0.330 e. The van der Waals surface area contributed by atoms with Crippen molar-refractivity contribution in [1.82, 2.24) is 9.38 Å². The highest BCUT2D eigenvalue weighted by molar-refractivity contribution is 6.32. The predicted molar refractivity (Wildman–Crippen MR) is 67.0 cm³/mol. The molecule has 3 nitrogen and oxygen atoms in total. The van der Waals surface area contributed by atoms with E-state index < -0.39 is 0 Å². The van der Waals surface area contributed by atoms with Crippen molar-refractivity contribution < 1.29 is 0 Å². The lowest BCUT2D eigenvalue weighted by molar-refractivity contribution is 0.764. The first-order chi connectivity index (χ1) is 7.67. The molecule has 1 atom stereocenters. The van der Waals surface area contributed by atoms with Gasteiger partial charge >= 0.3 is 0 Å². The Balaban J connectivity index is 2.59. The van der Waals surface area contributed by atoms with Crippen LogP contribution in [0.25, 0.3) is 5.52 Å². The van der Waals surface area contributed by atoms with Crippen LogP contribution < -0.4 is 5.73 Å². The van der Waals surface area contributed by atoms with E-state index in [9.17, 15) is 0 Å². The number of aryl methyl sites for hydroxylation is 1. The molecule has 4 heteroatoms. The van der Waals surface area contributed by atoms with E-state index >= 15 is 0 Å². The summed E-state index contributed by atoms with van der Waals surface area (Å²) >= 11 is 6.07. The zero-order valence-corrected chi connectivity index (χ0v) is 10.3. The number of hydrogen-bond acceptors (Lipinski definition) is 2. The van der Waals surface area contributed by atoms with Gasteiger partial charge in [0.1, 0.15) is 5.82 Å². The second-order valence-electron chi connectivity index (χ2n) is 4.03. The molecule has 0 aromatic carbocycles. The quantitative estimate of drug-likeness (QED) is 0.892. The first kappa shape index (κ1) is 11.4. The number of halogens is 1. The second kappa shape index (κ2) is 4.44. The number of rotatable bonds is 3. The van der Waals surface area contributed by atoms with Crippen molar-refractivity contribution in [1.29, 1.82) is 0 Å². The minimum Gasteiger partial charge on any atom is -0.330 e. The van der Waals surface area contributed by atoms with Crippen LogP contribution in [0.3, 0.4) is 0 Å². The summed E-state index contributed by atoms with van der Waals surface area (Å²) < 4.78 is 2.06. The smallest absolute Gasteiger partial charge is 0.155 e. The first-order valence-electron chi connectivity index (χ1n) is 5.53. The molecule has 16 heavy (non-hydrogen) atoms. The van der Waals surface area contributed by atoms with E-state index in [4.69, 9.17) is 17.3 Å². The van der Waals surface area contributed by atoms with Crippen molar-refractivity contribution in [3.63, 3.8) is 0 Å². The molecule has 0 fully saturated rings. The van der Waals surface area contributed by atoms with Crippen molar-refractivity contribution >= 4 is 17.1 Å². The highest BCUT2D eigenvalue weighted by Gasteiger charge is 2.10. The summed E-state index contributed by atoms with van der Waals surface area (Å²) in [5.74, 6) is 1.35. The molecule has 0 radical (unpaired) electrons. The van der Waals surface area contributed by atoms with E-state index in [0.717, 1.165) is 17.8 Å². The predicted octanol–water partition coefficient (Wildman–Crippen LogP) is 2.61. The maximum atomic E-state index is 6.07. The number of pyridine rings is 1. The summed E-state index contributed by atoms with van der Waals surface area (Å²) in [5, 5.41) is 0.573. The van der Waals surface area contributed by atoms with Crippen LogP contribution in [0.4, 0.5) is 0 Å². The van der Waals surface area contributed by atoms with Gasteiger partial charge in [0.05, 0.1) is 5.52 Å². The Bertz CT molecular complexity index is 504. The van der Waals surface area contributed by atoms with Gasteiger partial charge in [-0.1, -0.05) is 31.5 Å². The molecule has 1 unspecified atom stereocenters. The summed E-state index contributed by atoms with van der Waals surface area (Å²) in [6, 6.07) is 4.08. The van der Waals surface area contributed by atoms with Gasteiger partial charge < -0.3 is 10.1 Å². The van der Waals surface area contributed by atoms with Gasteiger partial charge in [0.15, 0.2) is 5.15 Å². The summed E-state index contributed by atoms with van der Waals surface area (Å²) in [4.78, 5) is 4.33. The van der Waals surface area contributed by atoms with Gasteiger partial charge in [-0.2, -0.15) is 0 Å². The summed E-state index contributed by atoms with van der Waals surface area (Å²) in [5.41, 5.74) is 7.86. The number of imidazole rings is 1. The zero-order chi connectivity index (χ0) is 11.7. The van der Waals surface area contributed by atoms with E-state index in [0.29, 0.717) is 17.6 Å². The highest BCUT2D eigenvalue weighted by atomic mass is 35.5. The van der Waals surface area contributed by atoms with Gasteiger partial charge in [0, 0.05) is 12.6 Å². The lowest BCUT2D eigenvalue weighted by atomic mass is 10.0.